The molecule has 0 N–H and O–H groups in total. The highest BCUT2D eigenvalue weighted by molar-refractivity contribution is 5.97. The summed E-state index contributed by atoms with van der Waals surface area (Å²) in [7, 11) is 0. The standard InChI is InChI=1S/C48H36N2/c1-48(2)44-32-39(35-22-24-37(25-23-35)42-19-11-15-36-14-9-10-18-41(36)42)28-29-45(44)50(40-16-7-4-8-17-40)47-46(48)43(30-31-49-47)38-26-20-34(21-27-38)33-12-5-3-6-13-33/h3-32H,1-2H3. The summed E-state index contributed by atoms with van der Waals surface area (Å²) in [5, 5.41) is 2.53. The van der Waals surface area contributed by atoms with Crippen LogP contribution in [0.2, 0.25) is 0 Å². The van der Waals surface area contributed by atoms with E-state index in [9.17, 15) is 0 Å². The zero-order chi connectivity index (χ0) is 33.7. The smallest absolute Gasteiger partial charge is 0.142 e. The second-order valence-corrected chi connectivity index (χ2v) is 13.6. The molecular weight excluding hydrogens is 605 g/mol. The fourth-order valence-corrected chi connectivity index (χ4v) is 7.77. The van der Waals surface area contributed by atoms with Crippen molar-refractivity contribution in [2.75, 3.05) is 4.90 Å². The third kappa shape index (κ3) is 5.00. The maximum atomic E-state index is 5.09. The maximum absolute atomic E-state index is 5.09. The summed E-state index contributed by atoms with van der Waals surface area (Å²) in [5.74, 6) is 0.977. The fourth-order valence-electron chi connectivity index (χ4n) is 7.77. The Kier molecular flexibility index (Phi) is 7.17. The van der Waals surface area contributed by atoms with Gasteiger partial charge in [0.15, 0.2) is 0 Å². The van der Waals surface area contributed by atoms with Gasteiger partial charge in [-0.3, -0.25) is 4.90 Å². The topological polar surface area (TPSA) is 16.1 Å². The zero-order valence-electron chi connectivity index (χ0n) is 28.2. The Hall–Kier alpha value is -6.25. The molecule has 0 amide bonds. The number of fused-ring (bicyclic) bond motifs is 3. The lowest BCUT2D eigenvalue weighted by molar-refractivity contribution is 0.629. The van der Waals surface area contributed by atoms with Gasteiger partial charge >= 0.3 is 0 Å². The van der Waals surface area contributed by atoms with Crippen LogP contribution in [0.15, 0.2) is 182 Å². The lowest BCUT2D eigenvalue weighted by Crippen LogP contribution is -2.32. The summed E-state index contributed by atoms with van der Waals surface area (Å²) in [5.41, 5.74) is 14.2. The van der Waals surface area contributed by atoms with Gasteiger partial charge in [-0.25, -0.2) is 4.98 Å². The highest BCUT2D eigenvalue weighted by atomic mass is 15.2. The van der Waals surface area contributed by atoms with Crippen LogP contribution in [-0.4, -0.2) is 4.98 Å². The lowest BCUT2D eigenvalue weighted by atomic mass is 9.71. The van der Waals surface area contributed by atoms with Crippen LogP contribution < -0.4 is 4.90 Å². The van der Waals surface area contributed by atoms with Crippen molar-refractivity contribution in [3.63, 3.8) is 0 Å². The molecule has 2 heterocycles. The minimum absolute atomic E-state index is 0.323. The van der Waals surface area contributed by atoms with Gasteiger partial charge in [-0.05, 0) is 91.2 Å². The van der Waals surface area contributed by atoms with Crippen molar-refractivity contribution < 1.29 is 0 Å². The summed E-state index contributed by atoms with van der Waals surface area (Å²) in [6.45, 7) is 4.70. The Morgan fingerprint density at radius 3 is 1.76 bits per heavy atom. The van der Waals surface area contributed by atoms with Crippen LogP contribution in [0.5, 0.6) is 0 Å². The van der Waals surface area contributed by atoms with Crippen molar-refractivity contribution in [1.82, 2.24) is 4.98 Å². The number of aromatic nitrogens is 1. The second-order valence-electron chi connectivity index (χ2n) is 13.6. The van der Waals surface area contributed by atoms with Crippen molar-refractivity contribution in [1.29, 1.82) is 0 Å². The van der Waals surface area contributed by atoms with Gasteiger partial charge in [-0.15, -0.1) is 0 Å². The van der Waals surface area contributed by atoms with Crippen molar-refractivity contribution in [3.8, 4) is 44.5 Å². The second kappa shape index (κ2) is 12.0. The summed E-state index contributed by atoms with van der Waals surface area (Å²) < 4.78 is 0. The molecular formula is C48H36N2. The predicted octanol–water partition coefficient (Wildman–Crippen LogP) is 13.0. The minimum Gasteiger partial charge on any atom is -0.294 e. The first-order valence-corrected chi connectivity index (χ1v) is 17.3. The first kappa shape index (κ1) is 29.9. The van der Waals surface area contributed by atoms with E-state index in [1.807, 2.05) is 6.20 Å². The van der Waals surface area contributed by atoms with E-state index in [1.54, 1.807) is 0 Å². The highest BCUT2D eigenvalue weighted by Crippen LogP contribution is 2.54. The zero-order valence-corrected chi connectivity index (χ0v) is 28.2. The molecule has 7 aromatic carbocycles. The molecule has 2 nitrogen and oxygen atoms in total. The van der Waals surface area contributed by atoms with E-state index in [4.69, 9.17) is 4.98 Å². The Balaban J connectivity index is 1.16. The van der Waals surface area contributed by atoms with Crippen LogP contribution in [0.3, 0.4) is 0 Å². The number of rotatable bonds is 5. The van der Waals surface area contributed by atoms with Gasteiger partial charge in [0.05, 0.1) is 5.69 Å². The maximum Gasteiger partial charge on any atom is 0.142 e. The fraction of sp³-hybridized carbons (Fsp3) is 0.0625. The van der Waals surface area contributed by atoms with E-state index in [0.29, 0.717) is 0 Å². The molecule has 0 atom stereocenters. The third-order valence-corrected chi connectivity index (χ3v) is 10.3. The lowest BCUT2D eigenvalue weighted by Gasteiger charge is -2.42. The van der Waals surface area contributed by atoms with Gasteiger partial charge in [-0.1, -0.05) is 159 Å². The van der Waals surface area contributed by atoms with Crippen LogP contribution in [0, 0.1) is 0 Å². The average molecular weight is 641 g/mol. The van der Waals surface area contributed by atoms with Crippen molar-refractivity contribution in [2.45, 2.75) is 19.3 Å². The highest BCUT2D eigenvalue weighted by Gasteiger charge is 2.40. The molecule has 0 fully saturated rings. The molecule has 0 radical (unpaired) electrons. The van der Waals surface area contributed by atoms with E-state index in [-0.39, 0.29) is 5.41 Å². The van der Waals surface area contributed by atoms with E-state index in [0.717, 1.165) is 17.2 Å². The summed E-state index contributed by atoms with van der Waals surface area (Å²) in [6, 6.07) is 63.5. The Labute approximate surface area is 294 Å². The molecule has 50 heavy (non-hydrogen) atoms. The van der Waals surface area contributed by atoms with Gasteiger partial charge in [0.25, 0.3) is 0 Å². The largest absolute Gasteiger partial charge is 0.294 e. The Morgan fingerprint density at radius 1 is 0.460 bits per heavy atom. The summed E-state index contributed by atoms with van der Waals surface area (Å²) >= 11 is 0. The van der Waals surface area contributed by atoms with E-state index in [1.165, 1.54) is 66.4 Å². The summed E-state index contributed by atoms with van der Waals surface area (Å²) in [6.07, 6.45) is 1.96. The van der Waals surface area contributed by atoms with Crippen LogP contribution >= 0.6 is 0 Å². The van der Waals surface area contributed by atoms with E-state index < -0.39 is 0 Å². The third-order valence-electron chi connectivity index (χ3n) is 10.3. The number of hydrogen-bond donors (Lipinski definition) is 0. The van der Waals surface area contributed by atoms with Gasteiger partial charge in [0.2, 0.25) is 0 Å². The van der Waals surface area contributed by atoms with Crippen LogP contribution in [-0.2, 0) is 5.41 Å². The molecule has 0 saturated carbocycles. The molecule has 8 aromatic rings. The SMILES string of the molecule is CC1(C)c2cc(-c3ccc(-c4cccc5ccccc45)cc3)ccc2N(c2ccccc2)c2nccc(-c3ccc(-c4ccccc4)cc3)c21. The molecule has 0 unspecified atom stereocenters. The van der Waals surface area contributed by atoms with Crippen molar-refractivity contribution >= 4 is 28.0 Å². The predicted molar refractivity (Wildman–Crippen MR) is 210 cm³/mol. The molecule has 0 aliphatic carbocycles. The molecule has 0 saturated heterocycles. The Bertz CT molecular complexity index is 2470. The molecule has 238 valence electrons. The van der Waals surface area contributed by atoms with Crippen LogP contribution in [0.4, 0.5) is 17.2 Å². The van der Waals surface area contributed by atoms with Gasteiger partial charge in [0.1, 0.15) is 5.82 Å². The van der Waals surface area contributed by atoms with Crippen molar-refractivity contribution in [3.05, 3.63) is 193 Å². The molecule has 0 bridgehead atoms. The number of pyridine rings is 1. The summed E-state index contributed by atoms with van der Waals surface area (Å²) in [4.78, 5) is 7.43. The molecule has 1 aliphatic rings. The molecule has 1 aliphatic heterocycles. The van der Waals surface area contributed by atoms with Crippen molar-refractivity contribution in [2.24, 2.45) is 0 Å². The van der Waals surface area contributed by atoms with Crippen LogP contribution in [0.25, 0.3) is 55.3 Å². The molecule has 9 rings (SSSR count). The van der Waals surface area contributed by atoms with Gasteiger partial charge in [-0.2, -0.15) is 0 Å². The molecule has 2 heteroatoms. The van der Waals surface area contributed by atoms with Crippen LogP contribution in [0.1, 0.15) is 25.0 Å². The normalized spacial score (nSPS) is 13.1. The average Bonchev–Trinajstić information content (AvgIpc) is 3.18. The number of para-hydroxylation sites is 1. The number of anilines is 3. The van der Waals surface area contributed by atoms with E-state index >= 15 is 0 Å². The van der Waals surface area contributed by atoms with Gasteiger partial charge in [0, 0.05) is 22.9 Å². The minimum atomic E-state index is -0.323. The number of nitrogens with zero attached hydrogens (tertiary/aromatic N) is 2. The number of hydrogen-bond acceptors (Lipinski definition) is 2. The van der Waals surface area contributed by atoms with E-state index in [2.05, 4.69) is 195 Å². The van der Waals surface area contributed by atoms with Gasteiger partial charge < -0.3 is 0 Å². The number of benzene rings is 7. The Morgan fingerprint density at radius 2 is 1.02 bits per heavy atom. The molecule has 1 aromatic heterocycles. The monoisotopic (exact) mass is 640 g/mol. The first-order chi connectivity index (χ1) is 24.6. The molecule has 0 spiro atoms. The first-order valence-electron chi connectivity index (χ1n) is 17.3. The quantitative estimate of drug-likeness (QED) is 0.186.